The zero-order valence-corrected chi connectivity index (χ0v) is 12.3. The van der Waals surface area contributed by atoms with E-state index in [4.69, 9.17) is 0 Å². The lowest BCUT2D eigenvalue weighted by Gasteiger charge is -2.11. The third-order valence-corrected chi connectivity index (χ3v) is 4.22. The minimum Gasteiger partial charge on any atom is -0.331 e. The van der Waals surface area contributed by atoms with Gasteiger partial charge in [-0.15, -0.1) is 0 Å². The largest absolute Gasteiger partial charge is 0.331 e. The summed E-state index contributed by atoms with van der Waals surface area (Å²) in [5, 5.41) is 4.45. The second-order valence-electron chi connectivity index (χ2n) is 4.57. The van der Waals surface area contributed by atoms with Crippen molar-refractivity contribution in [3.8, 4) is 0 Å². The van der Waals surface area contributed by atoms with Gasteiger partial charge in [0.2, 0.25) is 0 Å². The van der Waals surface area contributed by atoms with E-state index in [1.165, 1.54) is 21.5 Å². The Balaban J connectivity index is 0.00000147. The highest BCUT2D eigenvalue weighted by molar-refractivity contribution is 7.22. The first-order valence-electron chi connectivity index (χ1n) is 6.49. The summed E-state index contributed by atoms with van der Waals surface area (Å²) >= 11 is 1.70. The van der Waals surface area contributed by atoms with Crippen LogP contribution in [0.4, 0.5) is 15.5 Å². The Hall–Kier alpha value is -1.94. The number of thiazole rings is 1. The molecular formula is C16H17FN2S. The number of para-hydroxylation sites is 2. The molecule has 2 nitrogen and oxygen atoms in total. The number of aromatic nitrogens is 1. The lowest BCUT2D eigenvalue weighted by molar-refractivity contribution is 1.11. The summed E-state index contributed by atoms with van der Waals surface area (Å²) in [4.78, 5) is 4.63. The van der Waals surface area contributed by atoms with E-state index in [9.17, 15) is 0 Å². The average molecular weight is 288 g/mol. The molecule has 1 heterocycles. The Morgan fingerprint density at radius 2 is 1.90 bits per heavy atom. The van der Waals surface area contributed by atoms with Crippen LogP contribution in [-0.4, -0.2) is 4.98 Å². The van der Waals surface area contributed by atoms with Crippen molar-refractivity contribution < 1.29 is 4.70 Å². The molecule has 1 aromatic heterocycles. The molecule has 0 aliphatic rings. The van der Waals surface area contributed by atoms with E-state index < -0.39 is 0 Å². The SMILES string of the molecule is CCc1cccc(C)c1Nc1nc2ccccc2s1.F. The highest BCUT2D eigenvalue weighted by atomic mass is 32.1. The van der Waals surface area contributed by atoms with Gasteiger partial charge in [0.1, 0.15) is 0 Å². The van der Waals surface area contributed by atoms with Crippen LogP contribution in [0.25, 0.3) is 10.2 Å². The third kappa shape index (κ3) is 2.65. The van der Waals surface area contributed by atoms with Gasteiger partial charge in [0, 0.05) is 5.69 Å². The number of hydrogen-bond donors (Lipinski definition) is 1. The van der Waals surface area contributed by atoms with E-state index in [1.54, 1.807) is 11.3 Å². The molecule has 0 unspecified atom stereocenters. The van der Waals surface area contributed by atoms with E-state index >= 15 is 0 Å². The number of aryl methyl sites for hydroxylation is 2. The predicted octanol–water partition coefficient (Wildman–Crippen LogP) is 5.06. The summed E-state index contributed by atoms with van der Waals surface area (Å²) in [7, 11) is 0. The molecule has 0 saturated carbocycles. The lowest BCUT2D eigenvalue weighted by atomic mass is 10.1. The van der Waals surface area contributed by atoms with Crippen molar-refractivity contribution in [3.05, 3.63) is 53.6 Å². The molecule has 3 aromatic rings. The monoisotopic (exact) mass is 288 g/mol. The topological polar surface area (TPSA) is 24.9 Å². The van der Waals surface area contributed by atoms with Gasteiger partial charge in [0.25, 0.3) is 0 Å². The second kappa shape index (κ2) is 6.01. The standard InChI is InChI=1S/C16H16N2S.FH/c1-3-12-8-6-7-11(2)15(12)18-16-17-13-9-4-5-10-14(13)19-16;/h4-10H,3H2,1-2H3,(H,17,18);1H. The van der Waals surface area contributed by atoms with E-state index in [1.807, 2.05) is 6.07 Å². The number of halogens is 1. The summed E-state index contributed by atoms with van der Waals surface area (Å²) in [6.07, 6.45) is 1.02. The number of nitrogens with zero attached hydrogens (tertiary/aromatic N) is 1. The quantitative estimate of drug-likeness (QED) is 0.728. The van der Waals surface area contributed by atoms with Crippen LogP contribution in [0.5, 0.6) is 0 Å². The summed E-state index contributed by atoms with van der Waals surface area (Å²) in [6, 6.07) is 14.6. The van der Waals surface area contributed by atoms with Gasteiger partial charge in [-0.25, -0.2) is 4.98 Å². The van der Waals surface area contributed by atoms with Crippen molar-refractivity contribution in [1.29, 1.82) is 0 Å². The molecule has 0 saturated heterocycles. The number of fused-ring (bicyclic) bond motifs is 1. The van der Waals surface area contributed by atoms with E-state index in [-0.39, 0.29) is 4.70 Å². The molecule has 2 aromatic carbocycles. The van der Waals surface area contributed by atoms with Gasteiger partial charge in [-0.2, -0.15) is 0 Å². The summed E-state index contributed by atoms with van der Waals surface area (Å²) in [5.74, 6) is 0. The van der Waals surface area contributed by atoms with Crippen molar-refractivity contribution in [1.82, 2.24) is 4.98 Å². The van der Waals surface area contributed by atoms with Gasteiger partial charge in [0.15, 0.2) is 5.13 Å². The molecule has 0 spiro atoms. The first-order chi connectivity index (χ1) is 9.28. The minimum absolute atomic E-state index is 0. The Morgan fingerprint density at radius 1 is 1.10 bits per heavy atom. The second-order valence-corrected chi connectivity index (χ2v) is 5.60. The van der Waals surface area contributed by atoms with Gasteiger partial charge >= 0.3 is 0 Å². The Kier molecular flexibility index (Phi) is 4.35. The van der Waals surface area contributed by atoms with Crippen molar-refractivity contribution >= 4 is 32.4 Å². The van der Waals surface area contributed by atoms with Crippen LogP contribution in [0.3, 0.4) is 0 Å². The number of anilines is 2. The molecule has 20 heavy (non-hydrogen) atoms. The van der Waals surface area contributed by atoms with Gasteiger partial charge < -0.3 is 5.32 Å². The maximum atomic E-state index is 4.63. The maximum Gasteiger partial charge on any atom is 0.188 e. The molecule has 0 fully saturated rings. The molecule has 0 radical (unpaired) electrons. The van der Waals surface area contributed by atoms with Crippen molar-refractivity contribution in [2.75, 3.05) is 5.32 Å². The van der Waals surface area contributed by atoms with Crippen LogP contribution in [0.2, 0.25) is 0 Å². The zero-order valence-electron chi connectivity index (χ0n) is 11.5. The first kappa shape index (κ1) is 14.5. The van der Waals surface area contributed by atoms with Crippen molar-refractivity contribution in [2.24, 2.45) is 0 Å². The predicted molar refractivity (Wildman–Crippen MR) is 86.0 cm³/mol. The van der Waals surface area contributed by atoms with Crippen LogP contribution >= 0.6 is 11.3 Å². The fourth-order valence-corrected chi connectivity index (χ4v) is 3.10. The van der Waals surface area contributed by atoms with Gasteiger partial charge in [0.05, 0.1) is 10.2 Å². The van der Waals surface area contributed by atoms with Crippen LogP contribution in [-0.2, 0) is 6.42 Å². The minimum atomic E-state index is 0. The Morgan fingerprint density at radius 3 is 2.65 bits per heavy atom. The maximum absolute atomic E-state index is 4.63. The van der Waals surface area contributed by atoms with E-state index in [0.29, 0.717) is 0 Å². The van der Waals surface area contributed by atoms with Gasteiger partial charge in [-0.3, -0.25) is 4.70 Å². The molecular weight excluding hydrogens is 271 g/mol. The van der Waals surface area contributed by atoms with Crippen molar-refractivity contribution in [2.45, 2.75) is 20.3 Å². The van der Waals surface area contributed by atoms with Crippen LogP contribution in [0, 0.1) is 6.92 Å². The smallest absolute Gasteiger partial charge is 0.188 e. The van der Waals surface area contributed by atoms with E-state index in [0.717, 1.165) is 17.1 Å². The van der Waals surface area contributed by atoms with E-state index in [2.05, 4.69) is 60.5 Å². The molecule has 104 valence electrons. The normalized spacial score (nSPS) is 10.3. The fraction of sp³-hybridized carbons (Fsp3) is 0.188. The van der Waals surface area contributed by atoms with Gasteiger partial charge in [-0.05, 0) is 36.6 Å². The first-order valence-corrected chi connectivity index (χ1v) is 7.30. The number of hydrogen-bond acceptors (Lipinski definition) is 3. The Labute approximate surface area is 121 Å². The lowest BCUT2D eigenvalue weighted by Crippen LogP contribution is -1.97. The molecule has 0 aliphatic heterocycles. The molecule has 0 aliphatic carbocycles. The highest BCUT2D eigenvalue weighted by Gasteiger charge is 2.08. The molecule has 0 amide bonds. The zero-order chi connectivity index (χ0) is 13.2. The third-order valence-electron chi connectivity index (χ3n) is 3.27. The average Bonchev–Trinajstić information content (AvgIpc) is 2.83. The molecule has 4 heteroatoms. The summed E-state index contributed by atoms with van der Waals surface area (Å²) in [6.45, 7) is 4.31. The highest BCUT2D eigenvalue weighted by Crippen LogP contribution is 2.31. The van der Waals surface area contributed by atoms with Crippen LogP contribution in [0.1, 0.15) is 18.1 Å². The van der Waals surface area contributed by atoms with Crippen molar-refractivity contribution in [3.63, 3.8) is 0 Å². The molecule has 0 atom stereocenters. The summed E-state index contributed by atoms with van der Waals surface area (Å²) in [5.41, 5.74) is 4.85. The van der Waals surface area contributed by atoms with Crippen LogP contribution < -0.4 is 5.32 Å². The Bertz CT molecular complexity index is 688. The molecule has 0 bridgehead atoms. The number of benzene rings is 2. The van der Waals surface area contributed by atoms with Gasteiger partial charge in [-0.1, -0.05) is 48.6 Å². The molecule has 1 N–H and O–H groups in total. The molecule has 3 rings (SSSR count). The number of rotatable bonds is 3. The number of nitrogens with one attached hydrogen (secondary N) is 1. The summed E-state index contributed by atoms with van der Waals surface area (Å²) < 4.78 is 1.22. The fourth-order valence-electron chi connectivity index (χ4n) is 2.23. The van der Waals surface area contributed by atoms with Crippen LogP contribution in [0.15, 0.2) is 42.5 Å².